The molecule has 2 heterocycles. The summed E-state index contributed by atoms with van der Waals surface area (Å²) in [5.74, 6) is 0.179. The van der Waals surface area contributed by atoms with E-state index in [1.165, 1.54) is 24.0 Å². The molecule has 1 fully saturated rings. The predicted octanol–water partition coefficient (Wildman–Crippen LogP) is 6.56. The Labute approximate surface area is 209 Å². The van der Waals surface area contributed by atoms with Gasteiger partial charge in [0.25, 0.3) is 5.91 Å². The quantitative estimate of drug-likeness (QED) is 0.335. The van der Waals surface area contributed by atoms with Crippen LogP contribution in [0.5, 0.6) is 0 Å². The minimum absolute atomic E-state index is 0.0246. The molecule has 0 aliphatic carbocycles. The highest BCUT2D eigenvalue weighted by Gasteiger charge is 2.28. The van der Waals surface area contributed by atoms with Crippen LogP contribution in [-0.2, 0) is 11.2 Å². The molecule has 1 aromatic carbocycles. The number of amides is 1. The van der Waals surface area contributed by atoms with Gasteiger partial charge in [0, 0.05) is 31.4 Å². The van der Waals surface area contributed by atoms with Gasteiger partial charge in [-0.25, -0.2) is 19.6 Å². The first-order valence-electron chi connectivity index (χ1n) is 12.1. The summed E-state index contributed by atoms with van der Waals surface area (Å²) in [6, 6.07) is 8.47. The highest BCUT2D eigenvalue weighted by Crippen LogP contribution is 2.25. The van der Waals surface area contributed by atoms with Crippen LogP contribution in [0.25, 0.3) is 5.57 Å². The number of rotatable bonds is 7. The molecule has 0 saturated carbocycles. The molecule has 0 N–H and O–H groups in total. The molecular formula is C29H37FN4O. The molecule has 0 bridgehead atoms. The lowest BCUT2D eigenvalue weighted by Gasteiger charge is -2.19. The zero-order valence-corrected chi connectivity index (χ0v) is 21.5. The number of aromatic nitrogens is 2. The SMILES string of the molecule is C#N.CC.CC/C(C)=C/C=C\C(C(=O)N1CCC(Cc2ccc(F)cc2)C1)=C(/C)c1ccncn1. The second kappa shape index (κ2) is 16.1. The fourth-order valence-electron chi connectivity index (χ4n) is 3.74. The highest BCUT2D eigenvalue weighted by molar-refractivity contribution is 6.03. The molecule has 5 nitrogen and oxygen atoms in total. The van der Waals surface area contributed by atoms with Crippen molar-refractivity contribution in [2.45, 2.75) is 53.9 Å². The molecule has 1 aliphatic heterocycles. The van der Waals surface area contributed by atoms with Crippen LogP contribution in [0.3, 0.4) is 0 Å². The Bertz CT molecular complexity index is 1020. The van der Waals surface area contributed by atoms with Crippen molar-refractivity contribution in [2.75, 3.05) is 13.1 Å². The Hall–Kier alpha value is -3.59. The minimum Gasteiger partial charge on any atom is -0.338 e. The minimum atomic E-state index is -0.221. The third kappa shape index (κ3) is 9.29. The van der Waals surface area contributed by atoms with Crippen molar-refractivity contribution in [2.24, 2.45) is 5.92 Å². The monoisotopic (exact) mass is 476 g/mol. The van der Waals surface area contributed by atoms with Crippen LogP contribution in [0.1, 0.15) is 58.7 Å². The average molecular weight is 477 g/mol. The third-order valence-corrected chi connectivity index (χ3v) is 5.81. The van der Waals surface area contributed by atoms with Gasteiger partial charge in [-0.3, -0.25) is 4.79 Å². The van der Waals surface area contributed by atoms with Gasteiger partial charge in [0.1, 0.15) is 12.1 Å². The molecule has 1 atom stereocenters. The van der Waals surface area contributed by atoms with Gasteiger partial charge in [0.2, 0.25) is 0 Å². The van der Waals surface area contributed by atoms with E-state index in [2.05, 4.69) is 30.4 Å². The van der Waals surface area contributed by atoms with Crippen LogP contribution < -0.4 is 0 Å². The zero-order valence-electron chi connectivity index (χ0n) is 21.5. The maximum Gasteiger partial charge on any atom is 0.254 e. The number of hydrogen-bond donors (Lipinski definition) is 0. The van der Waals surface area contributed by atoms with Gasteiger partial charge in [-0.1, -0.05) is 50.6 Å². The van der Waals surface area contributed by atoms with Crippen LogP contribution in [0.4, 0.5) is 4.39 Å². The number of carbonyl (C=O) groups is 1. The van der Waals surface area contributed by atoms with E-state index in [0.29, 0.717) is 18.0 Å². The Kier molecular flexibility index (Phi) is 13.5. The molecule has 1 aliphatic rings. The summed E-state index contributed by atoms with van der Waals surface area (Å²) in [7, 11) is 0. The van der Waals surface area contributed by atoms with Crippen molar-refractivity contribution in [3.05, 3.63) is 89.3 Å². The molecule has 35 heavy (non-hydrogen) atoms. The molecular weight excluding hydrogens is 439 g/mol. The standard InChI is InChI=1S/C26H30FN3O.C2H6.CHN/c1-4-19(2)6-5-7-24(20(3)25-12-14-28-18-29-25)26(31)30-15-13-22(17-30)16-21-8-10-23(27)11-9-21;2*1-2/h5-12,14,18,22H,4,13,15-17H2,1-3H3;1-2H3;1H/b7-5-,19-6+,24-20-;;. The van der Waals surface area contributed by atoms with Gasteiger partial charge in [-0.2, -0.15) is 0 Å². The van der Waals surface area contributed by atoms with Crippen LogP contribution in [-0.4, -0.2) is 33.9 Å². The Morgan fingerprint density at radius 2 is 1.89 bits per heavy atom. The number of likely N-dealkylation sites (tertiary alicyclic amines) is 1. The fraction of sp³-hybridized carbons (Fsp3) is 0.379. The Morgan fingerprint density at radius 1 is 1.20 bits per heavy atom. The second-order valence-electron chi connectivity index (χ2n) is 8.10. The molecule has 1 amide bonds. The number of nitriles is 1. The fourth-order valence-corrected chi connectivity index (χ4v) is 3.74. The van der Waals surface area contributed by atoms with Crippen molar-refractivity contribution in [3.8, 4) is 6.57 Å². The topological polar surface area (TPSA) is 69.9 Å². The second-order valence-corrected chi connectivity index (χ2v) is 8.10. The summed E-state index contributed by atoms with van der Waals surface area (Å²) < 4.78 is 13.2. The summed E-state index contributed by atoms with van der Waals surface area (Å²) in [6.07, 6.45) is 11.8. The van der Waals surface area contributed by atoms with Gasteiger partial charge in [0.05, 0.1) is 5.69 Å². The highest BCUT2D eigenvalue weighted by atomic mass is 19.1. The van der Waals surface area contributed by atoms with Crippen molar-refractivity contribution in [3.63, 3.8) is 0 Å². The number of halogens is 1. The van der Waals surface area contributed by atoms with Crippen molar-refractivity contribution in [1.82, 2.24) is 14.9 Å². The van der Waals surface area contributed by atoms with Gasteiger partial charge >= 0.3 is 0 Å². The van der Waals surface area contributed by atoms with Crippen LogP contribution in [0, 0.1) is 23.6 Å². The van der Waals surface area contributed by atoms with E-state index in [0.717, 1.165) is 42.6 Å². The predicted molar refractivity (Wildman–Crippen MR) is 141 cm³/mol. The van der Waals surface area contributed by atoms with Crippen molar-refractivity contribution in [1.29, 1.82) is 5.26 Å². The van der Waals surface area contributed by atoms with E-state index in [9.17, 15) is 9.18 Å². The summed E-state index contributed by atoms with van der Waals surface area (Å²) in [5, 5.41) is 6.50. The van der Waals surface area contributed by atoms with Crippen LogP contribution >= 0.6 is 0 Å². The molecule has 3 rings (SSSR count). The van der Waals surface area contributed by atoms with Crippen molar-refractivity contribution >= 4 is 11.5 Å². The Balaban J connectivity index is 0.00000145. The summed E-state index contributed by atoms with van der Waals surface area (Å²) >= 11 is 0. The van der Waals surface area contributed by atoms with Gasteiger partial charge in [-0.05, 0) is 74.4 Å². The molecule has 0 radical (unpaired) electrons. The molecule has 6 heteroatoms. The maximum atomic E-state index is 13.5. The Morgan fingerprint density at radius 3 is 2.49 bits per heavy atom. The van der Waals surface area contributed by atoms with E-state index >= 15 is 0 Å². The number of nitrogens with zero attached hydrogens (tertiary/aromatic N) is 4. The first-order chi connectivity index (χ1) is 17.0. The first-order valence-corrected chi connectivity index (χ1v) is 12.1. The van der Waals surface area contributed by atoms with E-state index in [1.54, 1.807) is 6.20 Å². The lowest BCUT2D eigenvalue weighted by Crippen LogP contribution is -2.30. The van der Waals surface area contributed by atoms with Crippen molar-refractivity contribution < 1.29 is 9.18 Å². The number of hydrogen-bond acceptors (Lipinski definition) is 4. The summed E-state index contributed by atoms with van der Waals surface area (Å²) in [6.45, 7) is 15.0. The first kappa shape index (κ1) is 29.4. The molecule has 1 saturated heterocycles. The largest absolute Gasteiger partial charge is 0.338 e. The van der Waals surface area contributed by atoms with Gasteiger partial charge < -0.3 is 4.90 Å². The number of carbonyl (C=O) groups excluding carboxylic acids is 1. The normalized spacial score (nSPS) is 16.1. The molecule has 2 aromatic rings. The lowest BCUT2D eigenvalue weighted by molar-refractivity contribution is -0.125. The van der Waals surface area contributed by atoms with E-state index in [4.69, 9.17) is 5.26 Å². The van der Waals surface area contributed by atoms with Gasteiger partial charge in [0.15, 0.2) is 0 Å². The molecule has 1 aromatic heterocycles. The van der Waals surface area contributed by atoms with Crippen LogP contribution in [0.2, 0.25) is 0 Å². The number of benzene rings is 1. The number of allylic oxidation sites excluding steroid dienone is 4. The molecule has 1 unspecified atom stereocenters. The average Bonchev–Trinajstić information content (AvgIpc) is 3.38. The maximum absolute atomic E-state index is 13.5. The van der Waals surface area contributed by atoms with E-state index < -0.39 is 0 Å². The lowest BCUT2D eigenvalue weighted by atomic mass is 9.99. The summed E-state index contributed by atoms with van der Waals surface area (Å²) in [4.78, 5) is 23.7. The summed E-state index contributed by atoms with van der Waals surface area (Å²) in [5.41, 5.74) is 4.60. The van der Waals surface area contributed by atoms with Gasteiger partial charge in [-0.15, -0.1) is 0 Å². The zero-order chi connectivity index (χ0) is 26.2. The third-order valence-electron chi connectivity index (χ3n) is 5.81. The van der Waals surface area contributed by atoms with Crippen LogP contribution in [0.15, 0.2) is 72.2 Å². The molecule has 0 spiro atoms. The van der Waals surface area contributed by atoms with E-state index in [-0.39, 0.29) is 11.7 Å². The molecule has 186 valence electrons. The smallest absolute Gasteiger partial charge is 0.254 e. The van der Waals surface area contributed by atoms with E-state index in [1.807, 2.05) is 62.1 Å².